The van der Waals surface area contributed by atoms with E-state index in [4.69, 9.17) is 21.7 Å². The quantitative estimate of drug-likeness (QED) is 0.331. The fraction of sp³-hybridized carbons (Fsp3) is 0.444. The van der Waals surface area contributed by atoms with Gasteiger partial charge in [0.2, 0.25) is 5.91 Å². The average molecular weight is 488 g/mol. The molecule has 1 aromatic carbocycles. The molecule has 1 aromatic rings. The van der Waals surface area contributed by atoms with Crippen LogP contribution in [0.25, 0.3) is 0 Å². The summed E-state index contributed by atoms with van der Waals surface area (Å²) in [5.41, 5.74) is 0.351. The summed E-state index contributed by atoms with van der Waals surface area (Å²) in [5, 5.41) is 5.35. The van der Waals surface area contributed by atoms with E-state index in [1.807, 2.05) is 0 Å². The lowest BCUT2D eigenvalue weighted by Crippen LogP contribution is -2.60. The topological polar surface area (TPSA) is 106 Å². The molecule has 2 N–H and O–H groups in total. The Balaban J connectivity index is 2.04. The van der Waals surface area contributed by atoms with E-state index in [1.54, 1.807) is 25.3 Å². The van der Waals surface area contributed by atoms with Gasteiger partial charge in [0.1, 0.15) is 18.4 Å². The molecule has 0 radical (unpaired) electrons. The number of thiocarbonyl (C=S) groups is 1. The van der Waals surface area contributed by atoms with Crippen LogP contribution < -0.4 is 15.4 Å². The Kier molecular flexibility index (Phi) is 8.80. The van der Waals surface area contributed by atoms with Crippen LogP contribution >= 0.6 is 28.1 Å². The highest BCUT2D eigenvalue weighted by atomic mass is 79.9. The van der Waals surface area contributed by atoms with Crippen molar-refractivity contribution in [3.8, 4) is 5.75 Å². The number of nitrogens with zero attached hydrogens (tertiary/aromatic N) is 1. The van der Waals surface area contributed by atoms with E-state index >= 15 is 0 Å². The number of ether oxygens (including phenoxy) is 3. The fourth-order valence-electron chi connectivity index (χ4n) is 2.64. The number of methoxy groups -OCH3 is 2. The second-order valence-electron chi connectivity index (χ2n) is 6.03. The number of amides is 2. The second kappa shape index (κ2) is 11.1. The van der Waals surface area contributed by atoms with Crippen LogP contribution in [0.3, 0.4) is 0 Å². The molecule has 0 aromatic heterocycles. The molecular weight excluding hydrogens is 466 g/mol. The Morgan fingerprint density at radius 1 is 1.34 bits per heavy atom. The standard InChI is InChI=1S/C18H22BrN3O6S/c1-26-7-8-28-14-4-3-11(9-12(14)19)16(24)21-18(29)22-6-5-20-17(25)13(22)10-15(23)27-2/h3-4,9,13H,5-8,10H2,1-2H3,(H,20,25)(H,21,24,29). The van der Waals surface area contributed by atoms with E-state index in [-0.39, 0.29) is 17.4 Å². The van der Waals surface area contributed by atoms with E-state index in [9.17, 15) is 14.4 Å². The lowest BCUT2D eigenvalue weighted by Gasteiger charge is -2.36. The Bertz CT molecular complexity index is 791. The Morgan fingerprint density at radius 2 is 2.10 bits per heavy atom. The van der Waals surface area contributed by atoms with Crippen LogP contribution in [-0.2, 0) is 19.1 Å². The third-order valence-corrected chi connectivity index (χ3v) is 5.10. The van der Waals surface area contributed by atoms with Crippen LogP contribution in [0.5, 0.6) is 5.75 Å². The molecule has 1 saturated heterocycles. The van der Waals surface area contributed by atoms with Gasteiger partial charge in [0, 0.05) is 25.8 Å². The Morgan fingerprint density at radius 3 is 2.76 bits per heavy atom. The van der Waals surface area contributed by atoms with E-state index in [0.29, 0.717) is 42.1 Å². The van der Waals surface area contributed by atoms with Gasteiger partial charge in [0.15, 0.2) is 5.11 Å². The van der Waals surface area contributed by atoms with Crippen molar-refractivity contribution in [2.24, 2.45) is 0 Å². The van der Waals surface area contributed by atoms with Crippen LogP contribution in [0.1, 0.15) is 16.8 Å². The molecule has 2 rings (SSSR count). The van der Waals surface area contributed by atoms with Gasteiger partial charge >= 0.3 is 5.97 Å². The third kappa shape index (κ3) is 6.38. The van der Waals surface area contributed by atoms with Crippen LogP contribution in [0.4, 0.5) is 0 Å². The number of carbonyl (C=O) groups is 3. The number of hydrogen-bond acceptors (Lipinski definition) is 7. The van der Waals surface area contributed by atoms with Gasteiger partial charge in [-0.1, -0.05) is 0 Å². The predicted octanol–water partition coefficient (Wildman–Crippen LogP) is 0.853. The van der Waals surface area contributed by atoms with E-state index in [2.05, 4.69) is 31.3 Å². The first-order valence-electron chi connectivity index (χ1n) is 8.75. The summed E-state index contributed by atoms with van der Waals surface area (Å²) < 4.78 is 15.7. The van der Waals surface area contributed by atoms with Gasteiger partial charge in [-0.15, -0.1) is 0 Å². The number of piperazine rings is 1. The highest BCUT2D eigenvalue weighted by Gasteiger charge is 2.34. The van der Waals surface area contributed by atoms with Crippen LogP contribution in [0.2, 0.25) is 0 Å². The molecule has 29 heavy (non-hydrogen) atoms. The molecule has 1 aliphatic heterocycles. The molecule has 0 aliphatic carbocycles. The Hall–Kier alpha value is -2.24. The summed E-state index contributed by atoms with van der Waals surface area (Å²) in [7, 11) is 2.82. The highest BCUT2D eigenvalue weighted by Crippen LogP contribution is 2.26. The molecule has 0 spiro atoms. The van der Waals surface area contributed by atoms with E-state index in [0.717, 1.165) is 0 Å². The number of esters is 1. The minimum Gasteiger partial charge on any atom is -0.490 e. The van der Waals surface area contributed by atoms with Gasteiger partial charge in [0.25, 0.3) is 5.91 Å². The summed E-state index contributed by atoms with van der Waals surface area (Å²) in [4.78, 5) is 37.9. The summed E-state index contributed by atoms with van der Waals surface area (Å²) in [6, 6.07) is 4.02. The van der Waals surface area contributed by atoms with Gasteiger partial charge in [-0.25, -0.2) is 0 Å². The van der Waals surface area contributed by atoms with E-state index in [1.165, 1.54) is 12.0 Å². The molecule has 1 fully saturated rings. The molecule has 0 bridgehead atoms. The minimum absolute atomic E-state index is 0.0651. The van der Waals surface area contributed by atoms with Crippen molar-refractivity contribution in [3.05, 3.63) is 28.2 Å². The normalized spacial score (nSPS) is 16.0. The predicted molar refractivity (Wildman–Crippen MR) is 112 cm³/mol. The van der Waals surface area contributed by atoms with Crippen molar-refractivity contribution in [1.82, 2.24) is 15.5 Å². The summed E-state index contributed by atoms with van der Waals surface area (Å²) in [6.45, 7) is 1.54. The fourth-order valence-corrected chi connectivity index (χ4v) is 3.44. The molecule has 0 saturated carbocycles. The zero-order valence-electron chi connectivity index (χ0n) is 16.0. The molecule has 11 heteroatoms. The highest BCUT2D eigenvalue weighted by molar-refractivity contribution is 9.10. The molecule has 158 valence electrons. The van der Waals surface area contributed by atoms with Gasteiger partial charge in [-0.2, -0.15) is 0 Å². The van der Waals surface area contributed by atoms with Crippen molar-refractivity contribution in [1.29, 1.82) is 0 Å². The first-order chi connectivity index (χ1) is 13.9. The summed E-state index contributed by atoms with van der Waals surface area (Å²) in [6.07, 6.45) is -0.169. The minimum atomic E-state index is -0.840. The summed E-state index contributed by atoms with van der Waals surface area (Å²) >= 11 is 8.68. The second-order valence-corrected chi connectivity index (χ2v) is 7.27. The zero-order valence-corrected chi connectivity index (χ0v) is 18.4. The van der Waals surface area contributed by atoms with Gasteiger partial charge in [-0.3, -0.25) is 19.7 Å². The number of hydrogen-bond donors (Lipinski definition) is 2. The SMILES string of the molecule is COCCOc1ccc(C(=O)NC(=S)N2CCNC(=O)C2CC(=O)OC)cc1Br. The molecule has 1 aliphatic rings. The van der Waals surface area contributed by atoms with Gasteiger partial charge < -0.3 is 24.4 Å². The molecule has 1 unspecified atom stereocenters. The van der Waals surface area contributed by atoms with Crippen LogP contribution in [-0.4, -0.2) is 74.4 Å². The molecule has 2 amide bonds. The Labute approximate surface area is 182 Å². The van der Waals surface area contributed by atoms with Crippen molar-refractivity contribution >= 4 is 51.0 Å². The first kappa shape index (κ1) is 23.0. The van der Waals surface area contributed by atoms with Crippen molar-refractivity contribution < 1.29 is 28.6 Å². The number of benzene rings is 1. The van der Waals surface area contributed by atoms with Gasteiger partial charge in [-0.05, 0) is 46.3 Å². The maximum Gasteiger partial charge on any atom is 0.308 e. The van der Waals surface area contributed by atoms with E-state index < -0.39 is 17.9 Å². The van der Waals surface area contributed by atoms with Crippen molar-refractivity contribution in [2.45, 2.75) is 12.5 Å². The lowest BCUT2D eigenvalue weighted by atomic mass is 10.1. The van der Waals surface area contributed by atoms with Crippen LogP contribution in [0, 0.1) is 0 Å². The third-order valence-electron chi connectivity index (χ3n) is 4.14. The smallest absolute Gasteiger partial charge is 0.308 e. The van der Waals surface area contributed by atoms with Crippen LogP contribution in [0.15, 0.2) is 22.7 Å². The number of rotatable bonds is 7. The van der Waals surface area contributed by atoms with Gasteiger partial charge in [0.05, 0.1) is 24.6 Å². The molecule has 1 atom stereocenters. The molecule has 9 nitrogen and oxygen atoms in total. The zero-order chi connectivity index (χ0) is 21.4. The van der Waals surface area contributed by atoms with Crippen molar-refractivity contribution in [2.75, 3.05) is 40.5 Å². The summed E-state index contributed by atoms with van der Waals surface area (Å²) in [5.74, 6) is -0.758. The number of carbonyl (C=O) groups excluding carboxylic acids is 3. The molecule has 1 heterocycles. The largest absolute Gasteiger partial charge is 0.490 e. The van der Waals surface area contributed by atoms with Crippen molar-refractivity contribution in [3.63, 3.8) is 0 Å². The lowest BCUT2D eigenvalue weighted by molar-refractivity contribution is -0.144. The number of nitrogens with one attached hydrogen (secondary N) is 2. The average Bonchev–Trinajstić information content (AvgIpc) is 2.70. The number of halogens is 1. The maximum atomic E-state index is 12.6. The monoisotopic (exact) mass is 487 g/mol. The molecular formula is C18H22BrN3O6S. The first-order valence-corrected chi connectivity index (χ1v) is 9.95. The maximum absolute atomic E-state index is 12.6.